The maximum absolute atomic E-state index is 11.5. The summed E-state index contributed by atoms with van der Waals surface area (Å²) < 4.78 is 0. The molecule has 4 heteroatoms. The van der Waals surface area contributed by atoms with Gasteiger partial charge in [-0.25, -0.2) is 0 Å². The number of carbonyl (C=O) groups excluding carboxylic acids is 2. The molecule has 0 amide bonds. The third-order valence-corrected chi connectivity index (χ3v) is 2.56. The number of aldehydes is 1. The molecule has 1 rings (SSSR count). The lowest BCUT2D eigenvalue weighted by Gasteiger charge is -2.05. The lowest BCUT2D eigenvalue weighted by molar-refractivity contribution is 0.101. The Morgan fingerprint density at radius 1 is 1.60 bits per heavy atom. The molecule has 0 N–H and O–H groups in total. The van der Waals surface area contributed by atoms with Crippen LogP contribution in [0.2, 0.25) is 0 Å². The van der Waals surface area contributed by atoms with E-state index in [1.165, 1.54) is 6.07 Å². The Hall–Kier alpha value is -1.47. The number of alkyl halides is 1. The lowest BCUT2D eigenvalue weighted by Crippen LogP contribution is -2.06. The summed E-state index contributed by atoms with van der Waals surface area (Å²) in [5, 5.41) is 8.88. The lowest BCUT2D eigenvalue weighted by atomic mass is 9.97. The summed E-state index contributed by atoms with van der Waals surface area (Å²) >= 11 is 3.04. The van der Waals surface area contributed by atoms with Crippen LogP contribution < -0.4 is 0 Å². The second-order valence-corrected chi connectivity index (χ2v) is 3.60. The van der Waals surface area contributed by atoms with Crippen molar-refractivity contribution in [3.05, 3.63) is 34.4 Å². The molecular formula is C11H8BrNO2. The Kier molecular flexibility index (Phi) is 3.75. The van der Waals surface area contributed by atoms with Crippen molar-refractivity contribution in [2.75, 3.05) is 5.33 Å². The van der Waals surface area contributed by atoms with Crippen molar-refractivity contribution in [3.63, 3.8) is 0 Å². The standard InChI is InChI=1S/C11H8BrNO2/c1-7-2-8(5-13)3-9(10(7)6-14)11(15)4-12/h2-3,6H,4H2,1H3. The summed E-state index contributed by atoms with van der Waals surface area (Å²) in [5.41, 5.74) is 1.70. The topological polar surface area (TPSA) is 57.9 Å². The van der Waals surface area contributed by atoms with Gasteiger partial charge in [0.15, 0.2) is 12.1 Å². The predicted molar refractivity (Wildman–Crippen MR) is 59.4 cm³/mol. The zero-order valence-electron chi connectivity index (χ0n) is 8.08. The molecule has 0 heterocycles. The molecule has 76 valence electrons. The SMILES string of the molecule is Cc1cc(C#N)cc(C(=O)CBr)c1C=O. The summed E-state index contributed by atoms with van der Waals surface area (Å²) in [6.07, 6.45) is 0.645. The Morgan fingerprint density at radius 3 is 2.73 bits per heavy atom. The number of hydrogen-bond acceptors (Lipinski definition) is 3. The molecule has 0 fully saturated rings. The van der Waals surface area contributed by atoms with Crippen LogP contribution in [0, 0.1) is 18.3 Å². The molecule has 0 saturated heterocycles. The van der Waals surface area contributed by atoms with E-state index in [0.29, 0.717) is 28.5 Å². The van der Waals surface area contributed by atoms with Crippen molar-refractivity contribution in [2.24, 2.45) is 0 Å². The molecule has 1 aromatic rings. The van der Waals surface area contributed by atoms with Crippen molar-refractivity contribution < 1.29 is 9.59 Å². The van der Waals surface area contributed by atoms with Gasteiger partial charge in [-0.2, -0.15) is 5.26 Å². The number of hydrogen-bond donors (Lipinski definition) is 0. The average molecular weight is 266 g/mol. The molecule has 1 aromatic carbocycles. The van der Waals surface area contributed by atoms with Gasteiger partial charge in [-0.3, -0.25) is 9.59 Å². The molecule has 15 heavy (non-hydrogen) atoms. The molecule has 3 nitrogen and oxygen atoms in total. The van der Waals surface area contributed by atoms with Crippen LogP contribution in [-0.2, 0) is 0 Å². The summed E-state index contributed by atoms with van der Waals surface area (Å²) in [7, 11) is 0. The Balaban J connectivity index is 3.46. The van der Waals surface area contributed by atoms with Crippen molar-refractivity contribution in [1.82, 2.24) is 0 Å². The number of benzene rings is 1. The second-order valence-electron chi connectivity index (χ2n) is 3.04. The van der Waals surface area contributed by atoms with Crippen molar-refractivity contribution >= 4 is 28.0 Å². The minimum atomic E-state index is -0.197. The van der Waals surface area contributed by atoms with Gasteiger partial charge in [0.25, 0.3) is 0 Å². The van der Waals surface area contributed by atoms with E-state index >= 15 is 0 Å². The Morgan fingerprint density at radius 2 is 2.27 bits per heavy atom. The van der Waals surface area contributed by atoms with Crippen molar-refractivity contribution in [3.8, 4) is 6.07 Å². The van der Waals surface area contributed by atoms with E-state index in [4.69, 9.17) is 5.26 Å². The van der Waals surface area contributed by atoms with Crippen molar-refractivity contribution in [1.29, 1.82) is 5.26 Å². The molecule has 0 atom stereocenters. The van der Waals surface area contributed by atoms with E-state index in [9.17, 15) is 9.59 Å². The zero-order valence-corrected chi connectivity index (χ0v) is 9.67. The number of aryl methyl sites for hydroxylation is 1. The Labute approximate surface area is 95.8 Å². The third kappa shape index (κ3) is 2.31. The second kappa shape index (κ2) is 4.85. The molecule has 0 aliphatic carbocycles. The predicted octanol–water partition coefficient (Wildman–Crippen LogP) is 2.26. The highest BCUT2D eigenvalue weighted by Gasteiger charge is 2.13. The number of carbonyl (C=O) groups is 2. The van der Waals surface area contributed by atoms with Gasteiger partial charge in [0.1, 0.15) is 0 Å². The first-order valence-electron chi connectivity index (χ1n) is 4.23. The van der Waals surface area contributed by atoms with E-state index in [2.05, 4.69) is 15.9 Å². The highest BCUT2D eigenvalue weighted by Crippen LogP contribution is 2.16. The van der Waals surface area contributed by atoms with Gasteiger partial charge in [-0.1, -0.05) is 15.9 Å². The zero-order chi connectivity index (χ0) is 11.4. The molecule has 0 aromatic heterocycles. The molecule has 0 saturated carbocycles. The smallest absolute Gasteiger partial charge is 0.174 e. The minimum absolute atomic E-state index is 0.141. The maximum Gasteiger partial charge on any atom is 0.174 e. The minimum Gasteiger partial charge on any atom is -0.298 e. The van der Waals surface area contributed by atoms with Crippen LogP contribution in [0.25, 0.3) is 0 Å². The fourth-order valence-electron chi connectivity index (χ4n) is 1.32. The van der Waals surface area contributed by atoms with Gasteiger partial charge in [0.2, 0.25) is 0 Å². The quantitative estimate of drug-likeness (QED) is 0.479. The van der Waals surface area contributed by atoms with Crippen LogP contribution in [0.1, 0.15) is 31.8 Å². The summed E-state index contributed by atoms with van der Waals surface area (Å²) in [6.45, 7) is 1.70. The van der Waals surface area contributed by atoms with E-state index in [1.54, 1.807) is 13.0 Å². The Bertz CT molecular complexity index is 460. The van der Waals surface area contributed by atoms with Crippen molar-refractivity contribution in [2.45, 2.75) is 6.92 Å². The maximum atomic E-state index is 11.5. The first-order valence-corrected chi connectivity index (χ1v) is 5.35. The average Bonchev–Trinajstić information content (AvgIpc) is 2.26. The fraction of sp³-hybridized carbons (Fsp3) is 0.182. The fourth-order valence-corrected chi connectivity index (χ4v) is 1.62. The largest absolute Gasteiger partial charge is 0.298 e. The summed E-state index contributed by atoms with van der Waals surface area (Å²) in [5.74, 6) is -0.197. The molecule has 0 aliphatic rings. The number of nitrogens with zero attached hydrogens (tertiary/aromatic N) is 1. The van der Waals surface area contributed by atoms with Crippen LogP contribution in [-0.4, -0.2) is 17.4 Å². The van der Waals surface area contributed by atoms with Gasteiger partial charge in [-0.05, 0) is 24.6 Å². The van der Waals surface area contributed by atoms with Gasteiger partial charge >= 0.3 is 0 Å². The molecule has 0 radical (unpaired) electrons. The number of rotatable bonds is 3. The first-order chi connectivity index (χ1) is 7.13. The van der Waals surface area contributed by atoms with E-state index < -0.39 is 0 Å². The monoisotopic (exact) mass is 265 g/mol. The number of ketones is 1. The van der Waals surface area contributed by atoms with Gasteiger partial charge < -0.3 is 0 Å². The summed E-state index contributed by atoms with van der Waals surface area (Å²) in [6, 6.07) is 4.99. The molecule has 0 aliphatic heterocycles. The van der Waals surface area contributed by atoms with Crippen LogP contribution in [0.15, 0.2) is 12.1 Å². The highest BCUT2D eigenvalue weighted by atomic mass is 79.9. The van der Waals surface area contributed by atoms with Crippen LogP contribution in [0.5, 0.6) is 0 Å². The number of nitriles is 1. The molecular weight excluding hydrogens is 258 g/mol. The molecule has 0 spiro atoms. The summed E-state index contributed by atoms with van der Waals surface area (Å²) in [4.78, 5) is 22.3. The van der Waals surface area contributed by atoms with Crippen LogP contribution in [0.3, 0.4) is 0 Å². The van der Waals surface area contributed by atoms with E-state index in [-0.39, 0.29) is 11.1 Å². The number of halogens is 1. The normalized spacial score (nSPS) is 9.40. The first kappa shape index (κ1) is 11.6. The van der Waals surface area contributed by atoms with E-state index in [1.807, 2.05) is 6.07 Å². The van der Waals surface area contributed by atoms with Gasteiger partial charge in [-0.15, -0.1) is 0 Å². The molecule has 0 bridgehead atoms. The van der Waals surface area contributed by atoms with Gasteiger partial charge in [0, 0.05) is 11.1 Å². The number of Topliss-reactive ketones (excluding diaryl/α,β-unsaturated/α-hetero) is 1. The third-order valence-electron chi connectivity index (χ3n) is 2.06. The van der Waals surface area contributed by atoms with Crippen LogP contribution in [0.4, 0.5) is 0 Å². The molecule has 0 unspecified atom stereocenters. The van der Waals surface area contributed by atoms with Gasteiger partial charge in [0.05, 0.1) is 17.0 Å². The highest BCUT2D eigenvalue weighted by molar-refractivity contribution is 9.09. The van der Waals surface area contributed by atoms with Crippen LogP contribution >= 0.6 is 15.9 Å². The van der Waals surface area contributed by atoms with E-state index in [0.717, 1.165) is 0 Å².